The Morgan fingerprint density at radius 3 is 2.22 bits per heavy atom. The molecule has 5 nitrogen and oxygen atoms in total. The van der Waals surface area contributed by atoms with Gasteiger partial charge in [-0.15, -0.1) is 0 Å². The third-order valence-corrected chi connectivity index (χ3v) is 7.66. The number of carbonyl (C=O) groups is 1. The molecule has 2 heterocycles. The number of hydrogen-bond acceptors (Lipinski definition) is 4. The Morgan fingerprint density at radius 1 is 0.919 bits per heavy atom. The Morgan fingerprint density at radius 2 is 1.57 bits per heavy atom. The SMILES string of the molecule is COc1ccc(C#Cc2ccc([C@@H]3[C@H]4CN(C(=O)Cc5ccccc5)CCCCN4[C@H]3CO)cc2)cc1. The largest absolute Gasteiger partial charge is 0.497 e. The summed E-state index contributed by atoms with van der Waals surface area (Å²) in [4.78, 5) is 17.7. The van der Waals surface area contributed by atoms with E-state index in [4.69, 9.17) is 4.74 Å². The number of benzene rings is 3. The molecule has 0 saturated carbocycles. The number of amides is 1. The zero-order chi connectivity index (χ0) is 25.6. The van der Waals surface area contributed by atoms with Gasteiger partial charge >= 0.3 is 0 Å². The lowest BCUT2D eigenvalue weighted by Gasteiger charge is -2.57. The maximum absolute atomic E-state index is 13.2. The highest BCUT2D eigenvalue weighted by atomic mass is 16.5. The van der Waals surface area contributed by atoms with Crippen molar-refractivity contribution in [1.29, 1.82) is 0 Å². The molecule has 0 aliphatic carbocycles. The Hall–Kier alpha value is -3.59. The van der Waals surface area contributed by atoms with Crippen LogP contribution in [0, 0.1) is 11.8 Å². The van der Waals surface area contributed by atoms with E-state index in [1.807, 2.05) is 59.5 Å². The molecule has 190 valence electrons. The fourth-order valence-corrected chi connectivity index (χ4v) is 5.66. The minimum atomic E-state index is 0.0883. The molecule has 1 amide bonds. The van der Waals surface area contributed by atoms with Gasteiger partial charge in [0.05, 0.1) is 20.1 Å². The molecule has 0 bridgehead atoms. The number of methoxy groups -OCH3 is 1. The number of ether oxygens (including phenoxy) is 1. The molecule has 5 rings (SSSR count). The van der Waals surface area contributed by atoms with Crippen LogP contribution in [0.5, 0.6) is 5.75 Å². The van der Waals surface area contributed by atoms with Crippen LogP contribution in [0.15, 0.2) is 78.9 Å². The summed E-state index contributed by atoms with van der Waals surface area (Å²) in [6, 6.07) is 26.4. The highest BCUT2D eigenvalue weighted by Crippen LogP contribution is 2.42. The summed E-state index contributed by atoms with van der Waals surface area (Å²) < 4.78 is 5.21. The number of aliphatic hydroxyl groups is 1. The molecule has 0 spiro atoms. The molecule has 0 aromatic heterocycles. The van der Waals surface area contributed by atoms with Crippen LogP contribution < -0.4 is 4.74 Å². The van der Waals surface area contributed by atoms with E-state index in [0.29, 0.717) is 13.0 Å². The van der Waals surface area contributed by atoms with Crippen LogP contribution in [0.1, 0.15) is 41.0 Å². The van der Waals surface area contributed by atoms with Crippen molar-refractivity contribution in [3.63, 3.8) is 0 Å². The van der Waals surface area contributed by atoms with Crippen molar-refractivity contribution in [3.05, 3.63) is 101 Å². The summed E-state index contributed by atoms with van der Waals surface area (Å²) in [6.45, 7) is 2.59. The van der Waals surface area contributed by atoms with Gasteiger partial charge in [0, 0.05) is 42.2 Å². The quantitative estimate of drug-likeness (QED) is 0.543. The number of fused-ring (bicyclic) bond motifs is 1. The van der Waals surface area contributed by atoms with Gasteiger partial charge < -0.3 is 14.7 Å². The van der Waals surface area contributed by atoms with E-state index in [1.54, 1.807) is 7.11 Å². The van der Waals surface area contributed by atoms with E-state index < -0.39 is 0 Å². The second kappa shape index (κ2) is 11.6. The van der Waals surface area contributed by atoms with E-state index in [-0.39, 0.29) is 30.5 Å². The number of rotatable bonds is 5. The minimum Gasteiger partial charge on any atom is -0.497 e. The first-order valence-electron chi connectivity index (χ1n) is 13.1. The molecule has 1 N–H and O–H groups in total. The van der Waals surface area contributed by atoms with Crippen molar-refractivity contribution >= 4 is 5.91 Å². The van der Waals surface area contributed by atoms with Crippen molar-refractivity contribution in [2.24, 2.45) is 0 Å². The zero-order valence-corrected chi connectivity index (χ0v) is 21.3. The summed E-state index contributed by atoms with van der Waals surface area (Å²) in [5.74, 6) is 7.65. The van der Waals surface area contributed by atoms with Crippen LogP contribution in [0.4, 0.5) is 0 Å². The standard InChI is InChI=1S/C32H34N2O3/c1-37-28-17-13-25(14-18-28)10-9-24-11-15-27(16-12-24)32-29-22-33(19-5-6-20-34(29)30(32)23-35)31(36)21-26-7-3-2-4-8-26/h2-4,7-8,11-18,29-30,32,35H,5-6,19-23H2,1H3/t29-,30+,32-/m1/s1. The molecule has 3 aromatic rings. The maximum Gasteiger partial charge on any atom is 0.227 e. The molecule has 5 heteroatoms. The van der Waals surface area contributed by atoms with Gasteiger partial charge in [0.25, 0.3) is 0 Å². The lowest BCUT2D eigenvalue weighted by atomic mass is 9.74. The molecule has 37 heavy (non-hydrogen) atoms. The Kier molecular flexibility index (Phi) is 7.89. The molecule has 2 fully saturated rings. The van der Waals surface area contributed by atoms with Crippen LogP contribution in [-0.2, 0) is 11.2 Å². The number of carbonyl (C=O) groups excluding carboxylic acids is 1. The van der Waals surface area contributed by atoms with Gasteiger partial charge in [-0.2, -0.15) is 0 Å². The maximum atomic E-state index is 13.2. The van der Waals surface area contributed by atoms with Crippen molar-refractivity contribution in [2.45, 2.75) is 37.3 Å². The topological polar surface area (TPSA) is 53.0 Å². The third kappa shape index (κ3) is 5.72. The average molecular weight is 495 g/mol. The second-order valence-electron chi connectivity index (χ2n) is 9.89. The highest BCUT2D eigenvalue weighted by Gasteiger charge is 2.49. The molecule has 2 saturated heterocycles. The van der Waals surface area contributed by atoms with Crippen molar-refractivity contribution < 1.29 is 14.6 Å². The Bertz CT molecular complexity index is 1250. The lowest BCUT2D eigenvalue weighted by molar-refractivity contribution is -0.135. The average Bonchev–Trinajstić information content (AvgIpc) is 2.92. The first-order chi connectivity index (χ1) is 18.2. The van der Waals surface area contributed by atoms with Gasteiger partial charge in [0.2, 0.25) is 5.91 Å². The predicted octanol–water partition coefficient (Wildman–Crippen LogP) is 4.09. The van der Waals surface area contributed by atoms with Crippen LogP contribution in [0.25, 0.3) is 0 Å². The smallest absolute Gasteiger partial charge is 0.227 e. The first kappa shape index (κ1) is 25.1. The van der Waals surface area contributed by atoms with Crippen molar-refractivity contribution in [2.75, 3.05) is 33.4 Å². The summed E-state index contributed by atoms with van der Waals surface area (Å²) in [6.07, 6.45) is 2.46. The molecule has 2 aliphatic heterocycles. The summed E-state index contributed by atoms with van der Waals surface area (Å²) in [5.41, 5.74) is 4.14. The van der Waals surface area contributed by atoms with Crippen LogP contribution in [0.3, 0.4) is 0 Å². The fraction of sp³-hybridized carbons (Fsp3) is 0.344. The molecule has 3 aromatic carbocycles. The molecule has 0 radical (unpaired) electrons. The van der Waals surface area contributed by atoms with Crippen LogP contribution in [-0.4, -0.2) is 66.2 Å². The predicted molar refractivity (Wildman–Crippen MR) is 145 cm³/mol. The number of hydrogen-bond donors (Lipinski definition) is 1. The van der Waals surface area contributed by atoms with Gasteiger partial charge in [-0.3, -0.25) is 9.69 Å². The zero-order valence-electron chi connectivity index (χ0n) is 21.3. The molecule has 3 atom stereocenters. The summed E-state index contributed by atoms with van der Waals surface area (Å²) in [7, 11) is 1.65. The van der Waals surface area contributed by atoms with E-state index in [0.717, 1.165) is 48.4 Å². The van der Waals surface area contributed by atoms with Crippen molar-refractivity contribution in [3.8, 4) is 17.6 Å². The molecular weight excluding hydrogens is 460 g/mol. The van der Waals surface area contributed by atoms with Gasteiger partial charge in [0.15, 0.2) is 0 Å². The van der Waals surface area contributed by atoms with Gasteiger partial charge in [-0.25, -0.2) is 0 Å². The fourth-order valence-electron chi connectivity index (χ4n) is 5.66. The van der Waals surface area contributed by atoms with Gasteiger partial charge in [-0.1, -0.05) is 54.3 Å². The van der Waals surface area contributed by atoms with Gasteiger partial charge in [-0.05, 0) is 66.9 Å². The molecule has 0 unspecified atom stereocenters. The first-order valence-corrected chi connectivity index (χ1v) is 13.1. The molecular formula is C32H34N2O3. The molecule has 2 aliphatic rings. The summed E-state index contributed by atoms with van der Waals surface area (Å²) >= 11 is 0. The monoisotopic (exact) mass is 494 g/mol. The van der Waals surface area contributed by atoms with Crippen molar-refractivity contribution in [1.82, 2.24) is 9.80 Å². The Labute approximate surface area is 219 Å². The third-order valence-electron chi connectivity index (χ3n) is 7.66. The Balaban J connectivity index is 1.30. The van der Waals surface area contributed by atoms with E-state index >= 15 is 0 Å². The highest BCUT2D eigenvalue weighted by molar-refractivity contribution is 5.78. The summed E-state index contributed by atoms with van der Waals surface area (Å²) in [5, 5.41) is 10.2. The number of aliphatic hydroxyl groups excluding tert-OH is 1. The van der Waals surface area contributed by atoms with E-state index in [1.165, 1.54) is 5.56 Å². The van der Waals surface area contributed by atoms with E-state index in [2.05, 4.69) is 41.0 Å². The van der Waals surface area contributed by atoms with E-state index in [9.17, 15) is 9.90 Å². The second-order valence-corrected chi connectivity index (χ2v) is 9.89. The van der Waals surface area contributed by atoms with Crippen LogP contribution >= 0.6 is 0 Å². The minimum absolute atomic E-state index is 0.0883. The van der Waals surface area contributed by atoms with Gasteiger partial charge in [0.1, 0.15) is 5.75 Å². The normalized spacial score (nSPS) is 21.5. The van der Waals surface area contributed by atoms with Crippen LogP contribution in [0.2, 0.25) is 0 Å². The lowest BCUT2D eigenvalue weighted by Crippen LogP contribution is -2.68. The number of nitrogens with zero attached hydrogens (tertiary/aromatic N) is 2.